The zero-order valence-corrected chi connectivity index (χ0v) is 16.9. The van der Waals surface area contributed by atoms with Crippen molar-refractivity contribution in [3.63, 3.8) is 0 Å². The van der Waals surface area contributed by atoms with E-state index in [2.05, 4.69) is 15.5 Å². The number of esters is 1. The van der Waals surface area contributed by atoms with Gasteiger partial charge < -0.3 is 15.0 Å². The van der Waals surface area contributed by atoms with Gasteiger partial charge in [0.15, 0.2) is 12.3 Å². The van der Waals surface area contributed by atoms with Gasteiger partial charge >= 0.3 is 5.97 Å². The summed E-state index contributed by atoms with van der Waals surface area (Å²) in [4.78, 5) is 39.4. The number of nitrogens with one attached hydrogen (secondary N) is 1. The van der Waals surface area contributed by atoms with Crippen molar-refractivity contribution < 1.29 is 19.1 Å². The van der Waals surface area contributed by atoms with Gasteiger partial charge in [0.05, 0.1) is 11.4 Å². The maximum atomic E-state index is 12.3. The molecule has 0 radical (unpaired) electrons. The Hall–Kier alpha value is -4.01. The molecular formula is C22H21N5O4. The van der Waals surface area contributed by atoms with Crippen molar-refractivity contribution in [2.24, 2.45) is 0 Å². The van der Waals surface area contributed by atoms with Crippen LogP contribution in [-0.2, 0) is 14.3 Å². The molecule has 1 N–H and O–H groups in total. The summed E-state index contributed by atoms with van der Waals surface area (Å²) < 4.78 is 5.09. The van der Waals surface area contributed by atoms with Crippen LogP contribution in [0.25, 0.3) is 5.69 Å². The van der Waals surface area contributed by atoms with Crippen molar-refractivity contribution in [3.8, 4) is 5.69 Å². The van der Waals surface area contributed by atoms with E-state index in [0.717, 1.165) is 12.1 Å². The fourth-order valence-electron chi connectivity index (χ4n) is 3.29. The molecule has 3 aromatic rings. The van der Waals surface area contributed by atoms with Gasteiger partial charge in [0, 0.05) is 24.3 Å². The lowest BCUT2D eigenvalue weighted by molar-refractivity contribution is -0.119. The lowest BCUT2D eigenvalue weighted by Gasteiger charge is -2.16. The number of nitrogens with zero attached hydrogens (tertiary/aromatic N) is 4. The van der Waals surface area contributed by atoms with Gasteiger partial charge in [0.25, 0.3) is 5.91 Å². The first-order valence-electron chi connectivity index (χ1n) is 9.88. The number of hydrogen-bond acceptors (Lipinski definition) is 6. The topological polar surface area (TPSA) is 106 Å². The quantitative estimate of drug-likeness (QED) is 0.616. The summed E-state index contributed by atoms with van der Waals surface area (Å²) in [6, 6.07) is 16.1. The number of para-hydroxylation sites is 1. The van der Waals surface area contributed by atoms with E-state index in [1.807, 2.05) is 30.3 Å². The van der Waals surface area contributed by atoms with E-state index < -0.39 is 18.5 Å². The number of ether oxygens (including phenoxy) is 1. The number of rotatable bonds is 6. The number of aryl methyl sites for hydroxylation is 1. The number of aromatic nitrogens is 3. The second-order valence-corrected chi connectivity index (χ2v) is 7.08. The molecule has 0 bridgehead atoms. The van der Waals surface area contributed by atoms with E-state index in [-0.39, 0.29) is 11.6 Å². The Morgan fingerprint density at radius 3 is 2.45 bits per heavy atom. The minimum atomic E-state index is -0.724. The van der Waals surface area contributed by atoms with Crippen LogP contribution >= 0.6 is 0 Å². The standard InChI is InChI=1S/C22H21N5O4/c1-15-21(25-27(24-15)18-6-3-2-4-7-18)22(30)31-14-19(28)23-16-9-11-17(12-10-16)26-13-5-8-20(26)29/h2-4,6-7,9-12H,5,8,13-14H2,1H3,(H,23,28). The third kappa shape index (κ3) is 4.61. The minimum absolute atomic E-state index is 0.0521. The highest BCUT2D eigenvalue weighted by Gasteiger charge is 2.22. The van der Waals surface area contributed by atoms with Gasteiger partial charge in [-0.15, -0.1) is 5.10 Å². The monoisotopic (exact) mass is 419 g/mol. The zero-order chi connectivity index (χ0) is 21.8. The van der Waals surface area contributed by atoms with Crippen LogP contribution in [0, 0.1) is 6.92 Å². The lowest BCUT2D eigenvalue weighted by atomic mass is 10.2. The average Bonchev–Trinajstić information content (AvgIpc) is 3.39. The van der Waals surface area contributed by atoms with Crippen LogP contribution in [0.5, 0.6) is 0 Å². The molecule has 9 heteroatoms. The normalized spacial score (nSPS) is 13.3. The zero-order valence-electron chi connectivity index (χ0n) is 16.9. The molecule has 1 aliphatic heterocycles. The van der Waals surface area contributed by atoms with Crippen LogP contribution < -0.4 is 10.2 Å². The molecule has 1 aliphatic rings. The first kappa shape index (κ1) is 20.3. The fourth-order valence-corrected chi connectivity index (χ4v) is 3.29. The Bertz CT molecular complexity index is 1110. The largest absolute Gasteiger partial charge is 0.451 e. The van der Waals surface area contributed by atoms with Crippen molar-refractivity contribution >= 4 is 29.2 Å². The number of amides is 2. The maximum absolute atomic E-state index is 12.3. The van der Waals surface area contributed by atoms with E-state index in [0.29, 0.717) is 30.0 Å². The summed E-state index contributed by atoms with van der Waals surface area (Å²) in [5, 5.41) is 11.0. The first-order valence-corrected chi connectivity index (χ1v) is 9.88. The van der Waals surface area contributed by atoms with Gasteiger partial charge in [-0.05, 0) is 49.7 Å². The summed E-state index contributed by atoms with van der Waals surface area (Å²) in [6.45, 7) is 1.90. The third-order valence-corrected chi connectivity index (χ3v) is 4.83. The van der Waals surface area contributed by atoms with Gasteiger partial charge in [0.1, 0.15) is 0 Å². The predicted molar refractivity (Wildman–Crippen MR) is 113 cm³/mol. The fraction of sp³-hybridized carbons (Fsp3) is 0.227. The number of carbonyl (C=O) groups excluding carboxylic acids is 3. The number of carbonyl (C=O) groups is 3. The van der Waals surface area contributed by atoms with Crippen LogP contribution in [-0.4, -0.2) is 45.9 Å². The summed E-state index contributed by atoms with van der Waals surface area (Å²) in [5.74, 6) is -1.10. The number of anilines is 2. The Labute approximate surface area is 178 Å². The SMILES string of the molecule is Cc1nn(-c2ccccc2)nc1C(=O)OCC(=O)Nc1ccc(N2CCCC2=O)cc1. The molecule has 0 atom stereocenters. The predicted octanol–water partition coefficient (Wildman–Crippen LogP) is 2.50. The molecule has 9 nitrogen and oxygen atoms in total. The Morgan fingerprint density at radius 2 is 1.77 bits per heavy atom. The van der Waals surface area contributed by atoms with Crippen LogP contribution in [0.4, 0.5) is 11.4 Å². The molecular weight excluding hydrogens is 398 g/mol. The Kier molecular flexibility index (Phi) is 5.74. The molecule has 2 aromatic carbocycles. The van der Waals surface area contributed by atoms with Gasteiger partial charge in [-0.3, -0.25) is 9.59 Å². The molecule has 158 valence electrons. The van der Waals surface area contributed by atoms with Crippen molar-refractivity contribution in [1.29, 1.82) is 0 Å². The highest BCUT2D eigenvalue weighted by Crippen LogP contribution is 2.23. The average molecular weight is 419 g/mol. The third-order valence-electron chi connectivity index (χ3n) is 4.83. The van der Waals surface area contributed by atoms with Crippen LogP contribution in [0.15, 0.2) is 54.6 Å². The molecule has 0 unspecified atom stereocenters. The lowest BCUT2D eigenvalue weighted by Crippen LogP contribution is -2.24. The van der Waals surface area contributed by atoms with E-state index >= 15 is 0 Å². The van der Waals surface area contributed by atoms with Gasteiger partial charge in [-0.25, -0.2) is 4.79 Å². The number of hydrogen-bond donors (Lipinski definition) is 1. The number of benzene rings is 2. The molecule has 1 aromatic heterocycles. The van der Waals surface area contributed by atoms with Gasteiger partial charge in [-0.1, -0.05) is 18.2 Å². The first-order chi connectivity index (χ1) is 15.0. The molecule has 1 saturated heterocycles. The van der Waals surface area contributed by atoms with E-state index in [1.165, 1.54) is 4.80 Å². The Morgan fingerprint density at radius 1 is 1.03 bits per heavy atom. The smallest absolute Gasteiger partial charge is 0.361 e. The van der Waals surface area contributed by atoms with E-state index in [1.54, 1.807) is 36.1 Å². The van der Waals surface area contributed by atoms with Gasteiger partial charge in [0.2, 0.25) is 5.91 Å². The van der Waals surface area contributed by atoms with Crippen molar-refractivity contribution in [2.45, 2.75) is 19.8 Å². The summed E-state index contributed by atoms with van der Waals surface area (Å²) in [5.41, 5.74) is 2.51. The van der Waals surface area contributed by atoms with Crippen LogP contribution in [0.2, 0.25) is 0 Å². The van der Waals surface area contributed by atoms with Crippen molar-refractivity contribution in [2.75, 3.05) is 23.4 Å². The van der Waals surface area contributed by atoms with Crippen LogP contribution in [0.1, 0.15) is 29.0 Å². The molecule has 4 rings (SSSR count). The molecule has 31 heavy (non-hydrogen) atoms. The minimum Gasteiger partial charge on any atom is -0.451 e. The highest BCUT2D eigenvalue weighted by atomic mass is 16.5. The second kappa shape index (κ2) is 8.78. The summed E-state index contributed by atoms with van der Waals surface area (Å²) >= 11 is 0. The van der Waals surface area contributed by atoms with Crippen molar-refractivity contribution in [3.05, 3.63) is 66.0 Å². The molecule has 0 aliphatic carbocycles. The molecule has 0 saturated carbocycles. The Balaban J connectivity index is 1.32. The maximum Gasteiger partial charge on any atom is 0.361 e. The second-order valence-electron chi connectivity index (χ2n) is 7.08. The van der Waals surface area contributed by atoms with Crippen LogP contribution in [0.3, 0.4) is 0 Å². The summed E-state index contributed by atoms with van der Waals surface area (Å²) in [6.07, 6.45) is 1.41. The van der Waals surface area contributed by atoms with Crippen molar-refractivity contribution in [1.82, 2.24) is 15.0 Å². The van der Waals surface area contributed by atoms with E-state index in [4.69, 9.17) is 4.74 Å². The molecule has 2 heterocycles. The highest BCUT2D eigenvalue weighted by molar-refractivity contribution is 5.97. The molecule has 1 fully saturated rings. The summed E-state index contributed by atoms with van der Waals surface area (Å²) in [7, 11) is 0. The molecule has 2 amide bonds. The molecule has 0 spiro atoms. The van der Waals surface area contributed by atoms with E-state index in [9.17, 15) is 14.4 Å². The van der Waals surface area contributed by atoms with Gasteiger partial charge in [-0.2, -0.15) is 9.90 Å².